The minimum absolute atomic E-state index is 0.104. The van der Waals surface area contributed by atoms with E-state index in [4.69, 9.17) is 33.2 Å². The molecular formula is C23H16Cl2N4O3. The predicted octanol–water partition coefficient (Wildman–Crippen LogP) is 5.02. The quantitative estimate of drug-likeness (QED) is 0.425. The number of nitriles is 1. The van der Waals surface area contributed by atoms with Crippen LogP contribution in [0.15, 0.2) is 47.3 Å². The number of aromatic amines is 1. The van der Waals surface area contributed by atoms with Crippen LogP contribution in [0.2, 0.25) is 10.0 Å². The van der Waals surface area contributed by atoms with Crippen molar-refractivity contribution >= 4 is 34.8 Å². The molecule has 0 amide bonds. The van der Waals surface area contributed by atoms with Gasteiger partial charge in [0.1, 0.15) is 5.65 Å². The first-order chi connectivity index (χ1) is 15.3. The first-order valence-electron chi connectivity index (χ1n) is 9.64. The van der Waals surface area contributed by atoms with Crippen LogP contribution in [0.3, 0.4) is 0 Å². The van der Waals surface area contributed by atoms with Crippen LogP contribution < -0.4 is 5.56 Å². The Labute approximate surface area is 192 Å². The molecule has 0 bridgehead atoms. The van der Waals surface area contributed by atoms with E-state index in [9.17, 15) is 9.59 Å². The number of carbonyl (C=O) groups is 1. The molecule has 2 aromatic carbocycles. The van der Waals surface area contributed by atoms with Gasteiger partial charge in [-0.15, -0.1) is 0 Å². The molecule has 1 N–H and O–H groups in total. The summed E-state index contributed by atoms with van der Waals surface area (Å²) in [6.45, 7) is 3.50. The van der Waals surface area contributed by atoms with E-state index in [1.807, 2.05) is 6.07 Å². The van der Waals surface area contributed by atoms with Crippen LogP contribution >= 0.6 is 23.2 Å². The first kappa shape index (κ1) is 21.6. The number of nitrogens with zero attached hydrogens (tertiary/aromatic N) is 3. The van der Waals surface area contributed by atoms with Crippen LogP contribution in [0.25, 0.3) is 28.0 Å². The van der Waals surface area contributed by atoms with E-state index in [1.54, 1.807) is 56.3 Å². The maximum atomic E-state index is 13.4. The van der Waals surface area contributed by atoms with Crippen molar-refractivity contribution in [3.8, 4) is 28.5 Å². The Balaban J connectivity index is 2.08. The van der Waals surface area contributed by atoms with Crippen LogP contribution in [0, 0.1) is 18.3 Å². The molecule has 2 heterocycles. The number of ether oxygens (including phenoxy) is 1. The van der Waals surface area contributed by atoms with E-state index >= 15 is 0 Å². The summed E-state index contributed by atoms with van der Waals surface area (Å²) in [6, 6.07) is 13.6. The SMILES string of the molecule is CCOC(=O)c1c(-c2ccc(C#N)cc2)[nH]c2c(-c3ccc(Cl)cc3Cl)c(C)nn2c1=O. The molecule has 9 heteroatoms. The summed E-state index contributed by atoms with van der Waals surface area (Å²) >= 11 is 12.5. The number of hydrogen-bond acceptors (Lipinski definition) is 5. The van der Waals surface area contributed by atoms with Crippen LogP contribution in [0.1, 0.15) is 28.5 Å². The van der Waals surface area contributed by atoms with Gasteiger partial charge in [0.15, 0.2) is 5.56 Å². The number of hydrogen-bond donors (Lipinski definition) is 1. The maximum Gasteiger partial charge on any atom is 0.346 e. The van der Waals surface area contributed by atoms with Crippen molar-refractivity contribution in [2.75, 3.05) is 6.61 Å². The van der Waals surface area contributed by atoms with Gasteiger partial charge in [-0.2, -0.15) is 14.9 Å². The van der Waals surface area contributed by atoms with E-state index in [-0.39, 0.29) is 17.9 Å². The van der Waals surface area contributed by atoms with Gasteiger partial charge in [0.25, 0.3) is 5.56 Å². The molecule has 0 saturated heterocycles. The summed E-state index contributed by atoms with van der Waals surface area (Å²) in [5.74, 6) is -0.769. The number of benzene rings is 2. The number of nitrogens with one attached hydrogen (secondary N) is 1. The number of fused-ring (bicyclic) bond motifs is 1. The highest BCUT2D eigenvalue weighted by atomic mass is 35.5. The monoisotopic (exact) mass is 466 g/mol. The standard InChI is InChI=1S/C23H16Cl2N4O3/c1-3-32-23(31)19-20(14-6-4-13(11-26)5-7-14)27-21-18(12(2)28-29(21)22(19)30)16-9-8-15(24)10-17(16)25/h4-10,27H,3H2,1-2H3. The van der Waals surface area contributed by atoms with Crippen molar-refractivity contribution < 1.29 is 9.53 Å². The van der Waals surface area contributed by atoms with Crippen LogP contribution in [-0.2, 0) is 4.74 Å². The van der Waals surface area contributed by atoms with Crippen molar-refractivity contribution in [1.82, 2.24) is 14.6 Å². The molecule has 0 aliphatic rings. The second-order valence-corrected chi connectivity index (χ2v) is 7.78. The topological polar surface area (TPSA) is 100 Å². The minimum atomic E-state index is -0.769. The lowest BCUT2D eigenvalue weighted by atomic mass is 10.0. The average molecular weight is 467 g/mol. The van der Waals surface area contributed by atoms with Crippen LogP contribution in [0.4, 0.5) is 0 Å². The highest BCUT2D eigenvalue weighted by Gasteiger charge is 2.25. The number of H-pyrrole nitrogens is 1. The number of carbonyl (C=O) groups excluding carboxylic acids is 1. The molecule has 0 spiro atoms. The smallest absolute Gasteiger partial charge is 0.346 e. The third-order valence-electron chi connectivity index (χ3n) is 4.94. The molecule has 0 aliphatic heterocycles. The van der Waals surface area contributed by atoms with Crippen LogP contribution in [0.5, 0.6) is 0 Å². The Bertz CT molecular complexity index is 1460. The molecule has 2 aromatic heterocycles. The van der Waals surface area contributed by atoms with Gasteiger partial charge in [0.2, 0.25) is 0 Å². The number of aromatic nitrogens is 3. The molecule has 4 aromatic rings. The lowest BCUT2D eigenvalue weighted by Crippen LogP contribution is -2.26. The molecule has 7 nitrogen and oxygen atoms in total. The lowest BCUT2D eigenvalue weighted by Gasteiger charge is -2.11. The summed E-state index contributed by atoms with van der Waals surface area (Å²) in [4.78, 5) is 29.3. The van der Waals surface area contributed by atoms with E-state index in [1.165, 1.54) is 0 Å². The predicted molar refractivity (Wildman–Crippen MR) is 122 cm³/mol. The first-order valence-corrected chi connectivity index (χ1v) is 10.4. The van der Waals surface area contributed by atoms with Crippen molar-refractivity contribution in [3.05, 3.63) is 79.7 Å². The fraction of sp³-hybridized carbons (Fsp3) is 0.130. The van der Waals surface area contributed by atoms with Crippen molar-refractivity contribution in [1.29, 1.82) is 5.26 Å². The third-order valence-corrected chi connectivity index (χ3v) is 5.49. The average Bonchev–Trinajstić information content (AvgIpc) is 3.10. The number of esters is 1. The summed E-state index contributed by atoms with van der Waals surface area (Å²) < 4.78 is 6.26. The minimum Gasteiger partial charge on any atom is -0.462 e. The van der Waals surface area contributed by atoms with E-state index in [0.717, 1.165) is 4.52 Å². The molecule has 0 fully saturated rings. The molecule has 0 aliphatic carbocycles. The molecular weight excluding hydrogens is 451 g/mol. The number of aryl methyl sites for hydroxylation is 1. The molecule has 0 saturated carbocycles. The summed E-state index contributed by atoms with van der Waals surface area (Å²) in [6.07, 6.45) is 0. The van der Waals surface area contributed by atoms with Gasteiger partial charge < -0.3 is 9.72 Å². The van der Waals surface area contributed by atoms with E-state index in [0.29, 0.717) is 43.6 Å². The normalized spacial score (nSPS) is 10.8. The third kappa shape index (κ3) is 3.64. The van der Waals surface area contributed by atoms with E-state index in [2.05, 4.69) is 10.1 Å². The van der Waals surface area contributed by atoms with Gasteiger partial charge in [0.05, 0.1) is 34.7 Å². The Morgan fingerprint density at radius 2 is 1.94 bits per heavy atom. The van der Waals surface area contributed by atoms with Crippen molar-refractivity contribution in [2.45, 2.75) is 13.8 Å². The molecule has 0 atom stereocenters. The number of rotatable bonds is 4. The zero-order valence-corrected chi connectivity index (χ0v) is 18.6. The van der Waals surface area contributed by atoms with Gasteiger partial charge >= 0.3 is 5.97 Å². The molecule has 0 unspecified atom stereocenters. The van der Waals surface area contributed by atoms with E-state index < -0.39 is 11.5 Å². The van der Waals surface area contributed by atoms with Gasteiger partial charge in [-0.05, 0) is 43.7 Å². The second kappa shape index (κ2) is 8.50. The summed E-state index contributed by atoms with van der Waals surface area (Å²) in [7, 11) is 0. The zero-order chi connectivity index (χ0) is 23.0. The Morgan fingerprint density at radius 1 is 1.22 bits per heavy atom. The van der Waals surface area contributed by atoms with Crippen molar-refractivity contribution in [2.24, 2.45) is 0 Å². The van der Waals surface area contributed by atoms with Gasteiger partial charge in [-0.3, -0.25) is 4.79 Å². The Hall–Kier alpha value is -3.60. The van der Waals surface area contributed by atoms with Gasteiger partial charge in [-0.25, -0.2) is 4.79 Å². The zero-order valence-electron chi connectivity index (χ0n) is 17.1. The maximum absolute atomic E-state index is 13.4. The summed E-state index contributed by atoms with van der Waals surface area (Å²) in [5, 5.41) is 14.3. The lowest BCUT2D eigenvalue weighted by molar-refractivity contribution is 0.0524. The largest absolute Gasteiger partial charge is 0.462 e. The molecule has 160 valence electrons. The highest BCUT2D eigenvalue weighted by molar-refractivity contribution is 6.36. The Kier molecular flexibility index (Phi) is 5.74. The van der Waals surface area contributed by atoms with Crippen molar-refractivity contribution in [3.63, 3.8) is 0 Å². The number of halogens is 2. The Morgan fingerprint density at radius 3 is 2.56 bits per heavy atom. The second-order valence-electron chi connectivity index (χ2n) is 6.93. The molecule has 4 rings (SSSR count). The summed E-state index contributed by atoms with van der Waals surface area (Å²) in [5.41, 5.74) is 2.58. The van der Waals surface area contributed by atoms with Crippen LogP contribution in [-0.4, -0.2) is 27.2 Å². The fourth-order valence-corrected chi connectivity index (χ4v) is 4.02. The fourth-order valence-electron chi connectivity index (χ4n) is 3.52. The highest BCUT2D eigenvalue weighted by Crippen LogP contribution is 2.35. The molecule has 0 radical (unpaired) electrons. The van der Waals surface area contributed by atoms with Gasteiger partial charge in [-0.1, -0.05) is 41.4 Å². The molecule has 32 heavy (non-hydrogen) atoms. The van der Waals surface area contributed by atoms with Gasteiger partial charge in [0, 0.05) is 16.1 Å².